The maximum Gasteiger partial charge on any atom is 0.0937 e. The van der Waals surface area contributed by atoms with Crippen molar-refractivity contribution in [2.75, 3.05) is 11.8 Å². The van der Waals surface area contributed by atoms with Gasteiger partial charge in [-0.05, 0) is 19.8 Å². The van der Waals surface area contributed by atoms with E-state index in [2.05, 4.69) is 25.8 Å². The van der Waals surface area contributed by atoms with Gasteiger partial charge in [0.25, 0.3) is 0 Å². The first kappa shape index (κ1) is 14.3. The molecule has 0 spiro atoms. The summed E-state index contributed by atoms with van der Waals surface area (Å²) in [4.78, 5) is 5.86. The van der Waals surface area contributed by atoms with Crippen molar-refractivity contribution in [2.24, 2.45) is 11.3 Å². The number of nitrogens with zero attached hydrogens (tertiary/aromatic N) is 1. The lowest BCUT2D eigenvalue weighted by atomic mass is 9.78. The highest BCUT2D eigenvalue weighted by molar-refractivity contribution is 7.11. The molecule has 0 N–H and O–H groups in total. The summed E-state index contributed by atoms with van der Waals surface area (Å²) in [5.74, 6) is 1.64. The molecule has 0 amide bonds. The van der Waals surface area contributed by atoms with E-state index in [0.29, 0.717) is 17.7 Å². The Morgan fingerprint density at radius 3 is 2.12 bits per heavy atom. The summed E-state index contributed by atoms with van der Waals surface area (Å²) in [5, 5.41) is 1.16. The molecule has 0 saturated carbocycles. The number of halogens is 2. The van der Waals surface area contributed by atoms with Crippen LogP contribution in [-0.4, -0.2) is 16.7 Å². The van der Waals surface area contributed by atoms with E-state index in [1.54, 1.807) is 11.3 Å². The molecule has 0 fully saturated rings. The second-order valence-electron chi connectivity index (χ2n) is 4.71. The normalized spacial score (nSPS) is 12.4. The van der Waals surface area contributed by atoms with Crippen LogP contribution in [0.15, 0.2) is 0 Å². The third-order valence-corrected chi connectivity index (χ3v) is 5.47. The number of rotatable bonds is 5. The highest BCUT2D eigenvalue weighted by Gasteiger charge is 2.33. The predicted octanol–water partition coefficient (Wildman–Crippen LogP) is 4.42. The Hall–Kier alpha value is 0.210. The molecular weight excluding hydrogens is 261 g/mol. The van der Waals surface area contributed by atoms with Crippen LogP contribution in [0.5, 0.6) is 0 Å². The quantitative estimate of drug-likeness (QED) is 0.727. The Kier molecular flexibility index (Phi) is 5.09. The van der Waals surface area contributed by atoms with Crippen molar-refractivity contribution in [3.8, 4) is 0 Å². The molecule has 92 valence electrons. The topological polar surface area (TPSA) is 12.9 Å². The molecule has 1 heterocycles. The Morgan fingerprint density at radius 2 is 1.81 bits per heavy atom. The summed E-state index contributed by atoms with van der Waals surface area (Å²) in [7, 11) is 0. The van der Waals surface area contributed by atoms with Crippen LogP contribution in [0.2, 0.25) is 0 Å². The summed E-state index contributed by atoms with van der Waals surface area (Å²) in [5.41, 5.74) is 1.10. The van der Waals surface area contributed by atoms with E-state index >= 15 is 0 Å². The maximum absolute atomic E-state index is 6.11. The molecule has 16 heavy (non-hydrogen) atoms. The molecule has 0 bridgehead atoms. The van der Waals surface area contributed by atoms with Gasteiger partial charge in [0.05, 0.1) is 10.7 Å². The van der Waals surface area contributed by atoms with Gasteiger partial charge in [0.2, 0.25) is 0 Å². The molecule has 1 nitrogen and oxygen atoms in total. The van der Waals surface area contributed by atoms with Crippen molar-refractivity contribution in [2.45, 2.75) is 34.1 Å². The Bertz CT molecular complexity index is 323. The van der Waals surface area contributed by atoms with Gasteiger partial charge in [-0.3, -0.25) is 0 Å². The fraction of sp³-hybridized carbons (Fsp3) is 0.750. The first-order valence-corrected chi connectivity index (χ1v) is 7.38. The number of hydrogen-bond donors (Lipinski definition) is 0. The zero-order chi connectivity index (χ0) is 12.3. The van der Waals surface area contributed by atoms with Gasteiger partial charge in [-0.2, -0.15) is 0 Å². The van der Waals surface area contributed by atoms with Crippen LogP contribution in [0.25, 0.3) is 0 Å². The van der Waals surface area contributed by atoms with Gasteiger partial charge in [-0.1, -0.05) is 13.8 Å². The Labute approximate surface area is 112 Å². The third kappa shape index (κ3) is 2.91. The molecule has 0 aliphatic rings. The number of aryl methyl sites for hydroxylation is 2. The molecule has 4 heteroatoms. The van der Waals surface area contributed by atoms with E-state index in [1.165, 1.54) is 4.88 Å². The van der Waals surface area contributed by atoms with Gasteiger partial charge < -0.3 is 0 Å². The molecule has 0 atom stereocenters. The monoisotopic (exact) mass is 279 g/mol. The highest BCUT2D eigenvalue weighted by atomic mass is 35.5. The molecule has 0 aliphatic heterocycles. The highest BCUT2D eigenvalue weighted by Crippen LogP contribution is 2.36. The van der Waals surface area contributed by atoms with Crippen molar-refractivity contribution in [3.63, 3.8) is 0 Å². The lowest BCUT2D eigenvalue weighted by Gasteiger charge is -2.33. The molecule has 1 rings (SSSR count). The number of alkyl halides is 2. The van der Waals surface area contributed by atoms with Crippen LogP contribution in [0.4, 0.5) is 0 Å². The van der Waals surface area contributed by atoms with Gasteiger partial charge in [-0.15, -0.1) is 34.5 Å². The summed E-state index contributed by atoms with van der Waals surface area (Å²) in [6.45, 7) is 8.51. The second-order valence-corrected chi connectivity index (χ2v) is 6.53. The fourth-order valence-electron chi connectivity index (χ4n) is 1.56. The molecule has 0 unspecified atom stereocenters. The van der Waals surface area contributed by atoms with Crippen molar-refractivity contribution in [1.82, 2.24) is 4.98 Å². The average molecular weight is 280 g/mol. The van der Waals surface area contributed by atoms with Crippen LogP contribution in [0.1, 0.15) is 29.4 Å². The largest absolute Gasteiger partial charge is 0.246 e. The zero-order valence-corrected chi connectivity index (χ0v) is 12.6. The Balaban J connectivity index is 2.91. The number of aromatic nitrogens is 1. The minimum absolute atomic E-state index is 0.0279. The predicted molar refractivity (Wildman–Crippen MR) is 74.0 cm³/mol. The number of thiazole rings is 1. The standard InChI is InChI=1S/C12H19Cl2NS/c1-8(2)12(6-13,7-14)5-11-15-9(3)10(4)16-11/h8H,5-7H2,1-4H3. The van der Waals surface area contributed by atoms with Crippen molar-refractivity contribution >= 4 is 34.5 Å². The van der Waals surface area contributed by atoms with Crippen LogP contribution < -0.4 is 0 Å². The van der Waals surface area contributed by atoms with E-state index in [-0.39, 0.29) is 5.41 Å². The van der Waals surface area contributed by atoms with Gasteiger partial charge >= 0.3 is 0 Å². The number of hydrogen-bond acceptors (Lipinski definition) is 2. The van der Waals surface area contributed by atoms with Crippen LogP contribution in [0, 0.1) is 25.2 Å². The van der Waals surface area contributed by atoms with Gasteiger partial charge in [0.15, 0.2) is 0 Å². The molecule has 0 radical (unpaired) electrons. The van der Waals surface area contributed by atoms with Gasteiger partial charge in [-0.25, -0.2) is 4.98 Å². The zero-order valence-electron chi connectivity index (χ0n) is 10.3. The van der Waals surface area contributed by atoms with E-state index in [9.17, 15) is 0 Å². The summed E-state index contributed by atoms with van der Waals surface area (Å²) < 4.78 is 0. The molecule has 1 aromatic heterocycles. The summed E-state index contributed by atoms with van der Waals surface area (Å²) >= 11 is 14.0. The minimum atomic E-state index is -0.0279. The molecule has 0 aromatic carbocycles. The molecule has 0 aliphatic carbocycles. The first-order valence-electron chi connectivity index (χ1n) is 5.50. The fourth-order valence-corrected chi connectivity index (χ4v) is 3.74. The first-order chi connectivity index (χ1) is 7.45. The lowest BCUT2D eigenvalue weighted by molar-refractivity contribution is 0.258. The second kappa shape index (κ2) is 5.70. The maximum atomic E-state index is 6.11. The van der Waals surface area contributed by atoms with Crippen LogP contribution in [-0.2, 0) is 6.42 Å². The Morgan fingerprint density at radius 1 is 1.25 bits per heavy atom. The van der Waals surface area contributed by atoms with Crippen molar-refractivity contribution in [1.29, 1.82) is 0 Å². The van der Waals surface area contributed by atoms with E-state index in [0.717, 1.165) is 17.1 Å². The van der Waals surface area contributed by atoms with E-state index < -0.39 is 0 Å². The van der Waals surface area contributed by atoms with Gasteiger partial charge in [0.1, 0.15) is 0 Å². The summed E-state index contributed by atoms with van der Waals surface area (Å²) in [6.07, 6.45) is 0.886. The average Bonchev–Trinajstić information content (AvgIpc) is 2.54. The van der Waals surface area contributed by atoms with Crippen molar-refractivity contribution in [3.05, 3.63) is 15.6 Å². The minimum Gasteiger partial charge on any atom is -0.246 e. The van der Waals surface area contributed by atoms with Crippen molar-refractivity contribution < 1.29 is 0 Å². The van der Waals surface area contributed by atoms with E-state index in [1.807, 2.05) is 6.92 Å². The lowest BCUT2D eigenvalue weighted by Crippen LogP contribution is -2.34. The molecular formula is C12H19Cl2NS. The van der Waals surface area contributed by atoms with Crippen LogP contribution in [0.3, 0.4) is 0 Å². The summed E-state index contributed by atoms with van der Waals surface area (Å²) in [6, 6.07) is 0. The van der Waals surface area contributed by atoms with Crippen LogP contribution >= 0.6 is 34.5 Å². The van der Waals surface area contributed by atoms with E-state index in [4.69, 9.17) is 23.2 Å². The molecule has 0 saturated heterocycles. The smallest absolute Gasteiger partial charge is 0.0937 e. The SMILES string of the molecule is Cc1nc(CC(CCl)(CCl)C(C)C)sc1C. The third-order valence-electron chi connectivity index (χ3n) is 3.33. The molecule has 1 aromatic rings. The van der Waals surface area contributed by atoms with Gasteiger partial charge in [0, 0.05) is 28.5 Å².